The van der Waals surface area contributed by atoms with Crippen molar-refractivity contribution in [1.29, 1.82) is 0 Å². The fourth-order valence-corrected chi connectivity index (χ4v) is 4.25. The number of hydrogen-bond donors (Lipinski definition) is 2. The van der Waals surface area contributed by atoms with Gasteiger partial charge in [-0.25, -0.2) is 4.79 Å². The van der Waals surface area contributed by atoms with Gasteiger partial charge in [0.05, 0.1) is 24.5 Å². The highest BCUT2D eigenvalue weighted by Crippen LogP contribution is 2.43. The van der Waals surface area contributed by atoms with Crippen molar-refractivity contribution in [2.24, 2.45) is 0 Å². The van der Waals surface area contributed by atoms with Crippen LogP contribution in [0, 0.1) is 6.92 Å². The number of amides is 2. The van der Waals surface area contributed by atoms with Crippen molar-refractivity contribution in [3.8, 4) is 11.5 Å². The van der Waals surface area contributed by atoms with Gasteiger partial charge in [0.15, 0.2) is 0 Å². The fraction of sp³-hybridized carbons (Fsp3) is 0.346. The Morgan fingerprint density at radius 3 is 2.38 bits per heavy atom. The molecule has 178 valence electrons. The van der Waals surface area contributed by atoms with Gasteiger partial charge in [-0.15, -0.1) is 0 Å². The van der Waals surface area contributed by atoms with Gasteiger partial charge in [0, 0.05) is 29.9 Å². The minimum atomic E-state index is -0.554. The Morgan fingerprint density at radius 1 is 1.12 bits per heavy atom. The summed E-state index contributed by atoms with van der Waals surface area (Å²) in [5.41, 5.74) is 2.51. The molecule has 2 heterocycles. The lowest BCUT2D eigenvalue weighted by atomic mass is 9.91. The first-order valence-electron chi connectivity index (χ1n) is 11.1. The molecule has 0 bridgehead atoms. The Kier molecular flexibility index (Phi) is 6.08. The first-order chi connectivity index (χ1) is 16.1. The number of carbonyl (C=O) groups is 2. The molecule has 2 aromatic carbocycles. The standard InChI is InChI=1S/C26H28N2O6/c1-14-19(12-22(30)28-17-8-6-16(7-9-17)27-15(2)29)25(31)33-24-18-10-11-26(3,4)34-20(18)13-21(32-5)23(14)24/h6-9,13H,10-12H2,1-5H3,(H,27,29)(H,28,30). The lowest BCUT2D eigenvalue weighted by Crippen LogP contribution is -2.32. The summed E-state index contributed by atoms with van der Waals surface area (Å²) in [4.78, 5) is 36.8. The number of methoxy groups -OCH3 is 1. The highest BCUT2D eigenvalue weighted by atomic mass is 16.5. The molecule has 0 unspecified atom stereocenters. The third-order valence-corrected chi connectivity index (χ3v) is 5.99. The monoisotopic (exact) mass is 464 g/mol. The van der Waals surface area contributed by atoms with Crippen LogP contribution < -0.4 is 25.7 Å². The molecule has 2 amide bonds. The summed E-state index contributed by atoms with van der Waals surface area (Å²) in [7, 11) is 1.55. The first kappa shape index (κ1) is 23.4. The second-order valence-electron chi connectivity index (χ2n) is 9.10. The molecule has 0 spiro atoms. The van der Waals surface area contributed by atoms with Crippen LogP contribution >= 0.6 is 0 Å². The second-order valence-corrected chi connectivity index (χ2v) is 9.10. The van der Waals surface area contributed by atoms with Gasteiger partial charge in [-0.05, 0) is 63.4 Å². The molecule has 8 nitrogen and oxygen atoms in total. The minimum Gasteiger partial charge on any atom is -0.496 e. The molecule has 0 saturated carbocycles. The SMILES string of the molecule is COc1cc2c(c3oc(=O)c(CC(=O)Nc4ccc(NC(C)=O)cc4)c(C)c13)CCC(C)(C)O2. The highest BCUT2D eigenvalue weighted by molar-refractivity contribution is 5.96. The summed E-state index contributed by atoms with van der Waals surface area (Å²) < 4.78 is 17.5. The molecule has 1 aliphatic heterocycles. The number of rotatable bonds is 5. The minimum absolute atomic E-state index is 0.151. The molecule has 0 aliphatic carbocycles. The van der Waals surface area contributed by atoms with E-state index in [1.165, 1.54) is 6.92 Å². The number of aryl methyl sites for hydroxylation is 2. The van der Waals surface area contributed by atoms with Crippen LogP contribution in [0.25, 0.3) is 11.0 Å². The average Bonchev–Trinajstić information content (AvgIpc) is 2.76. The summed E-state index contributed by atoms with van der Waals surface area (Å²) in [6.07, 6.45) is 1.34. The second kappa shape index (κ2) is 8.85. The molecule has 4 rings (SSSR count). The predicted molar refractivity (Wildman–Crippen MR) is 130 cm³/mol. The zero-order chi connectivity index (χ0) is 24.6. The van der Waals surface area contributed by atoms with Gasteiger partial charge in [0.1, 0.15) is 22.7 Å². The Balaban J connectivity index is 1.65. The molecular formula is C26H28N2O6. The zero-order valence-corrected chi connectivity index (χ0v) is 20.0. The van der Waals surface area contributed by atoms with Crippen LogP contribution in [-0.2, 0) is 22.4 Å². The zero-order valence-electron chi connectivity index (χ0n) is 20.0. The van der Waals surface area contributed by atoms with E-state index in [0.29, 0.717) is 45.8 Å². The largest absolute Gasteiger partial charge is 0.496 e. The molecular weight excluding hydrogens is 436 g/mol. The third-order valence-electron chi connectivity index (χ3n) is 5.99. The van der Waals surface area contributed by atoms with E-state index in [0.717, 1.165) is 12.0 Å². The van der Waals surface area contributed by atoms with Crippen LogP contribution in [0.15, 0.2) is 39.5 Å². The fourth-order valence-electron chi connectivity index (χ4n) is 4.25. The summed E-state index contributed by atoms with van der Waals surface area (Å²) in [5, 5.41) is 6.12. The van der Waals surface area contributed by atoms with Crippen molar-refractivity contribution >= 4 is 34.2 Å². The molecule has 3 aromatic rings. The first-order valence-corrected chi connectivity index (χ1v) is 11.1. The van der Waals surface area contributed by atoms with Crippen molar-refractivity contribution < 1.29 is 23.5 Å². The van der Waals surface area contributed by atoms with E-state index in [2.05, 4.69) is 10.6 Å². The summed E-state index contributed by atoms with van der Waals surface area (Å²) >= 11 is 0. The molecule has 1 aromatic heterocycles. The Bertz CT molecular complexity index is 1340. The van der Waals surface area contributed by atoms with E-state index in [9.17, 15) is 14.4 Å². The van der Waals surface area contributed by atoms with Gasteiger partial charge >= 0.3 is 5.63 Å². The van der Waals surface area contributed by atoms with Crippen molar-refractivity contribution in [3.63, 3.8) is 0 Å². The number of ether oxygens (including phenoxy) is 2. The topological polar surface area (TPSA) is 107 Å². The molecule has 0 atom stereocenters. The van der Waals surface area contributed by atoms with E-state index in [-0.39, 0.29) is 29.4 Å². The molecule has 8 heteroatoms. The van der Waals surface area contributed by atoms with Crippen molar-refractivity contribution in [2.45, 2.75) is 52.6 Å². The molecule has 34 heavy (non-hydrogen) atoms. The maximum atomic E-state index is 12.9. The van der Waals surface area contributed by atoms with E-state index in [4.69, 9.17) is 13.9 Å². The van der Waals surface area contributed by atoms with Gasteiger partial charge in [-0.3, -0.25) is 9.59 Å². The number of carbonyl (C=O) groups excluding carboxylic acids is 2. The lowest BCUT2D eigenvalue weighted by Gasteiger charge is -2.33. The van der Waals surface area contributed by atoms with Gasteiger partial charge in [-0.2, -0.15) is 0 Å². The van der Waals surface area contributed by atoms with E-state index in [1.807, 2.05) is 19.9 Å². The van der Waals surface area contributed by atoms with Gasteiger partial charge in [0.25, 0.3) is 0 Å². The van der Waals surface area contributed by atoms with Crippen LogP contribution in [0.2, 0.25) is 0 Å². The quantitative estimate of drug-likeness (QED) is 0.544. The van der Waals surface area contributed by atoms with Crippen LogP contribution in [0.4, 0.5) is 11.4 Å². The number of nitrogens with one attached hydrogen (secondary N) is 2. The number of fused-ring (bicyclic) bond motifs is 3. The molecule has 0 saturated heterocycles. The normalized spacial score (nSPS) is 14.1. The molecule has 0 fully saturated rings. The van der Waals surface area contributed by atoms with Gasteiger partial charge in [-0.1, -0.05) is 0 Å². The van der Waals surface area contributed by atoms with Crippen molar-refractivity contribution in [2.75, 3.05) is 17.7 Å². The predicted octanol–water partition coefficient (Wildman–Crippen LogP) is 4.35. The molecule has 2 N–H and O–H groups in total. The summed E-state index contributed by atoms with van der Waals surface area (Å²) in [6.45, 7) is 7.25. The number of benzene rings is 2. The lowest BCUT2D eigenvalue weighted by molar-refractivity contribution is -0.116. The van der Waals surface area contributed by atoms with Crippen molar-refractivity contribution in [3.05, 3.63) is 57.4 Å². The Hall–Kier alpha value is -3.81. The molecule has 1 aliphatic rings. The van der Waals surface area contributed by atoms with Gasteiger partial charge < -0.3 is 24.5 Å². The maximum Gasteiger partial charge on any atom is 0.340 e. The van der Waals surface area contributed by atoms with E-state index in [1.54, 1.807) is 38.3 Å². The van der Waals surface area contributed by atoms with Crippen LogP contribution in [0.1, 0.15) is 43.9 Å². The van der Waals surface area contributed by atoms with Crippen molar-refractivity contribution in [1.82, 2.24) is 0 Å². The van der Waals surface area contributed by atoms with Crippen LogP contribution in [0.3, 0.4) is 0 Å². The summed E-state index contributed by atoms with van der Waals surface area (Å²) in [6, 6.07) is 8.55. The Morgan fingerprint density at radius 2 is 1.76 bits per heavy atom. The molecule has 0 radical (unpaired) electrons. The average molecular weight is 465 g/mol. The van der Waals surface area contributed by atoms with E-state index >= 15 is 0 Å². The smallest absolute Gasteiger partial charge is 0.340 e. The van der Waals surface area contributed by atoms with Crippen LogP contribution in [-0.4, -0.2) is 24.5 Å². The van der Waals surface area contributed by atoms with Crippen LogP contribution in [0.5, 0.6) is 11.5 Å². The summed E-state index contributed by atoms with van der Waals surface area (Å²) in [5.74, 6) is 0.644. The maximum absolute atomic E-state index is 12.9. The van der Waals surface area contributed by atoms with Gasteiger partial charge in [0.2, 0.25) is 11.8 Å². The number of hydrogen-bond acceptors (Lipinski definition) is 6. The van der Waals surface area contributed by atoms with E-state index < -0.39 is 5.63 Å². The number of anilines is 2. The Labute approximate surface area is 197 Å². The highest BCUT2D eigenvalue weighted by Gasteiger charge is 2.31. The third kappa shape index (κ3) is 4.62.